The Balaban J connectivity index is 1.79. The van der Waals surface area contributed by atoms with Crippen molar-refractivity contribution in [3.63, 3.8) is 0 Å². The van der Waals surface area contributed by atoms with Crippen LogP contribution in [0.25, 0.3) is 0 Å². The zero-order valence-electron chi connectivity index (χ0n) is 12.0. The summed E-state index contributed by atoms with van der Waals surface area (Å²) in [6.45, 7) is 1.82. The van der Waals surface area contributed by atoms with Gasteiger partial charge in [0.05, 0.1) is 18.7 Å². The molecule has 2 aliphatic rings. The van der Waals surface area contributed by atoms with Crippen LogP contribution in [0.15, 0.2) is 12.1 Å². The number of hydrogen-bond acceptors (Lipinski definition) is 3. The van der Waals surface area contributed by atoms with E-state index in [1.54, 1.807) is 7.11 Å². The zero-order chi connectivity index (χ0) is 13.9. The fourth-order valence-electron chi connectivity index (χ4n) is 2.70. The second-order valence-electron chi connectivity index (χ2n) is 5.79. The molecule has 3 nitrogen and oxygen atoms in total. The van der Waals surface area contributed by atoms with E-state index in [4.69, 9.17) is 21.1 Å². The van der Waals surface area contributed by atoms with Gasteiger partial charge in [0.15, 0.2) is 11.5 Å². The molecule has 1 aliphatic carbocycles. The molecule has 1 heterocycles. The van der Waals surface area contributed by atoms with Crippen molar-refractivity contribution in [3.8, 4) is 11.5 Å². The zero-order valence-corrected chi connectivity index (χ0v) is 12.7. The van der Waals surface area contributed by atoms with E-state index in [1.165, 1.54) is 31.2 Å². The Morgan fingerprint density at radius 3 is 2.75 bits per heavy atom. The molecule has 1 atom stereocenters. The van der Waals surface area contributed by atoms with Crippen LogP contribution in [0, 0.1) is 5.92 Å². The van der Waals surface area contributed by atoms with Crippen LogP contribution in [-0.4, -0.2) is 20.3 Å². The number of piperidine rings is 1. The van der Waals surface area contributed by atoms with E-state index in [-0.39, 0.29) is 0 Å². The van der Waals surface area contributed by atoms with Gasteiger partial charge in [0.2, 0.25) is 0 Å². The number of hydrogen-bond donors (Lipinski definition) is 1. The summed E-state index contributed by atoms with van der Waals surface area (Å²) >= 11 is 6.40. The van der Waals surface area contributed by atoms with Gasteiger partial charge in [0, 0.05) is 6.04 Å². The van der Waals surface area contributed by atoms with Gasteiger partial charge in [-0.05, 0) is 55.8 Å². The lowest BCUT2D eigenvalue weighted by Crippen LogP contribution is -2.26. The van der Waals surface area contributed by atoms with Crippen LogP contribution in [0.5, 0.6) is 11.5 Å². The maximum Gasteiger partial charge on any atom is 0.179 e. The molecule has 0 spiro atoms. The average molecular weight is 296 g/mol. The van der Waals surface area contributed by atoms with E-state index in [1.807, 2.05) is 6.07 Å². The van der Waals surface area contributed by atoms with E-state index in [9.17, 15) is 0 Å². The van der Waals surface area contributed by atoms with Crippen LogP contribution >= 0.6 is 11.6 Å². The first kappa shape index (κ1) is 14.0. The fraction of sp³-hybridized carbons (Fsp3) is 0.625. The molecule has 1 aromatic carbocycles. The standard InChI is InChI=1S/C16H22ClNO2/c1-19-15-9-12(14-4-2-3-7-18-14)8-13(17)16(15)20-10-11-5-6-11/h8-9,11,14,18H,2-7,10H2,1H3. The molecular weight excluding hydrogens is 274 g/mol. The SMILES string of the molecule is COc1cc(C2CCCCN2)cc(Cl)c1OCC1CC1. The van der Waals surface area contributed by atoms with Crippen LogP contribution < -0.4 is 14.8 Å². The molecular formula is C16H22ClNO2. The maximum atomic E-state index is 6.40. The van der Waals surface area contributed by atoms with Crippen molar-refractivity contribution >= 4 is 11.6 Å². The molecule has 0 aromatic heterocycles. The average Bonchev–Trinajstić information content (AvgIpc) is 3.30. The van der Waals surface area contributed by atoms with E-state index in [0.29, 0.717) is 22.7 Å². The first-order chi connectivity index (χ1) is 9.78. The molecule has 1 aromatic rings. The lowest BCUT2D eigenvalue weighted by Gasteiger charge is -2.25. The Hall–Kier alpha value is -0.930. The number of methoxy groups -OCH3 is 1. The molecule has 1 aliphatic heterocycles. The van der Waals surface area contributed by atoms with Gasteiger partial charge in [0.25, 0.3) is 0 Å². The molecule has 110 valence electrons. The maximum absolute atomic E-state index is 6.40. The highest BCUT2D eigenvalue weighted by Gasteiger charge is 2.24. The highest BCUT2D eigenvalue weighted by Crippen LogP contribution is 2.40. The summed E-state index contributed by atoms with van der Waals surface area (Å²) < 4.78 is 11.3. The second kappa shape index (κ2) is 6.23. The minimum absolute atomic E-state index is 0.382. The van der Waals surface area contributed by atoms with Crippen LogP contribution in [-0.2, 0) is 0 Å². The normalized spacial score (nSPS) is 22.6. The molecule has 0 bridgehead atoms. The third-order valence-electron chi connectivity index (χ3n) is 4.12. The van der Waals surface area contributed by atoms with Crippen molar-refractivity contribution in [2.24, 2.45) is 5.92 Å². The van der Waals surface area contributed by atoms with Gasteiger partial charge in [-0.15, -0.1) is 0 Å². The topological polar surface area (TPSA) is 30.5 Å². The van der Waals surface area contributed by atoms with E-state index in [0.717, 1.165) is 25.3 Å². The van der Waals surface area contributed by atoms with Gasteiger partial charge in [0.1, 0.15) is 0 Å². The summed E-state index contributed by atoms with van der Waals surface area (Å²) in [4.78, 5) is 0. The monoisotopic (exact) mass is 295 g/mol. The molecule has 1 saturated carbocycles. The van der Waals surface area contributed by atoms with Crippen LogP contribution in [0.1, 0.15) is 43.7 Å². The summed E-state index contributed by atoms with van der Waals surface area (Å²) in [6.07, 6.45) is 6.21. The van der Waals surface area contributed by atoms with Crippen molar-refractivity contribution in [2.45, 2.75) is 38.1 Å². The lowest BCUT2D eigenvalue weighted by atomic mass is 9.97. The fourth-order valence-corrected chi connectivity index (χ4v) is 2.98. The second-order valence-corrected chi connectivity index (χ2v) is 6.20. The minimum Gasteiger partial charge on any atom is -0.493 e. The third-order valence-corrected chi connectivity index (χ3v) is 4.41. The van der Waals surface area contributed by atoms with Gasteiger partial charge in [-0.3, -0.25) is 0 Å². The summed E-state index contributed by atoms with van der Waals surface area (Å²) in [5.41, 5.74) is 1.20. The van der Waals surface area contributed by atoms with Crippen LogP contribution in [0.3, 0.4) is 0 Å². The predicted octanol–water partition coefficient (Wildman–Crippen LogP) is 3.95. The quantitative estimate of drug-likeness (QED) is 0.892. The Morgan fingerprint density at radius 2 is 2.10 bits per heavy atom. The summed E-state index contributed by atoms with van der Waals surface area (Å²) in [6, 6.07) is 4.47. The molecule has 1 saturated heterocycles. The third kappa shape index (κ3) is 3.21. The first-order valence-electron chi connectivity index (χ1n) is 7.51. The molecule has 0 amide bonds. The van der Waals surface area contributed by atoms with Crippen LogP contribution in [0.4, 0.5) is 0 Å². The van der Waals surface area contributed by atoms with Crippen molar-refractivity contribution in [3.05, 3.63) is 22.7 Å². The number of benzene rings is 1. The Morgan fingerprint density at radius 1 is 1.25 bits per heavy atom. The Kier molecular flexibility index (Phi) is 4.37. The summed E-state index contributed by atoms with van der Waals surface area (Å²) in [7, 11) is 1.67. The molecule has 20 heavy (non-hydrogen) atoms. The van der Waals surface area contributed by atoms with Crippen molar-refractivity contribution in [1.29, 1.82) is 0 Å². The Bertz CT molecular complexity index is 468. The van der Waals surface area contributed by atoms with Crippen molar-refractivity contribution in [2.75, 3.05) is 20.3 Å². The highest BCUT2D eigenvalue weighted by molar-refractivity contribution is 6.32. The Labute approximate surface area is 125 Å². The van der Waals surface area contributed by atoms with Gasteiger partial charge in [-0.1, -0.05) is 18.0 Å². The van der Waals surface area contributed by atoms with Crippen LogP contribution in [0.2, 0.25) is 5.02 Å². The lowest BCUT2D eigenvalue weighted by molar-refractivity contribution is 0.280. The molecule has 4 heteroatoms. The molecule has 3 rings (SSSR count). The largest absolute Gasteiger partial charge is 0.493 e. The predicted molar refractivity (Wildman–Crippen MR) is 80.8 cm³/mol. The molecule has 1 unspecified atom stereocenters. The number of halogens is 1. The van der Waals surface area contributed by atoms with E-state index >= 15 is 0 Å². The number of nitrogens with one attached hydrogen (secondary N) is 1. The smallest absolute Gasteiger partial charge is 0.179 e. The van der Waals surface area contributed by atoms with Crippen molar-refractivity contribution in [1.82, 2.24) is 5.32 Å². The summed E-state index contributed by atoms with van der Waals surface area (Å²) in [5.74, 6) is 2.15. The highest BCUT2D eigenvalue weighted by atomic mass is 35.5. The first-order valence-corrected chi connectivity index (χ1v) is 7.89. The minimum atomic E-state index is 0.382. The van der Waals surface area contributed by atoms with E-state index < -0.39 is 0 Å². The van der Waals surface area contributed by atoms with E-state index in [2.05, 4.69) is 11.4 Å². The molecule has 2 fully saturated rings. The van der Waals surface area contributed by atoms with Gasteiger partial charge in [-0.25, -0.2) is 0 Å². The molecule has 1 N–H and O–H groups in total. The summed E-state index contributed by atoms with van der Waals surface area (Å²) in [5, 5.41) is 4.20. The van der Waals surface area contributed by atoms with Crippen molar-refractivity contribution < 1.29 is 9.47 Å². The number of rotatable bonds is 5. The molecule has 0 radical (unpaired) electrons. The van der Waals surface area contributed by atoms with Gasteiger partial charge >= 0.3 is 0 Å². The van der Waals surface area contributed by atoms with Gasteiger partial charge < -0.3 is 14.8 Å². The number of ether oxygens (including phenoxy) is 2. The van der Waals surface area contributed by atoms with Gasteiger partial charge in [-0.2, -0.15) is 0 Å².